The molecular formula is C17H19N3O2. The Morgan fingerprint density at radius 3 is 2.86 bits per heavy atom. The van der Waals surface area contributed by atoms with Crippen LogP contribution < -0.4 is 0 Å². The quantitative estimate of drug-likeness (QED) is 0.853. The molecule has 1 atom stereocenters. The molecule has 1 fully saturated rings. The van der Waals surface area contributed by atoms with Gasteiger partial charge in [-0.25, -0.2) is 0 Å². The molecule has 5 heteroatoms. The van der Waals surface area contributed by atoms with Gasteiger partial charge in [-0.2, -0.15) is 0 Å². The zero-order valence-electron chi connectivity index (χ0n) is 12.8. The largest absolute Gasteiger partial charge is 0.368 e. The molecule has 1 saturated heterocycles. The number of aromatic nitrogens is 2. The second-order valence-corrected chi connectivity index (χ2v) is 5.56. The molecule has 1 aliphatic rings. The Hall–Kier alpha value is -2.27. The molecule has 0 N–H and O–H groups in total. The van der Waals surface area contributed by atoms with Crippen LogP contribution in [0.3, 0.4) is 0 Å². The summed E-state index contributed by atoms with van der Waals surface area (Å²) in [5, 5.41) is 0. The summed E-state index contributed by atoms with van der Waals surface area (Å²) in [5.74, 6) is 0.0281. The predicted octanol–water partition coefficient (Wildman–Crippen LogP) is 2.31. The summed E-state index contributed by atoms with van der Waals surface area (Å²) in [5.41, 5.74) is 3.57. The summed E-state index contributed by atoms with van der Waals surface area (Å²) in [4.78, 5) is 23.0. The van der Waals surface area contributed by atoms with E-state index in [1.165, 1.54) is 0 Å². The van der Waals surface area contributed by atoms with Gasteiger partial charge in [-0.1, -0.05) is 6.07 Å². The first kappa shape index (κ1) is 14.7. The van der Waals surface area contributed by atoms with E-state index < -0.39 is 0 Å². The van der Waals surface area contributed by atoms with Crippen LogP contribution in [-0.4, -0.2) is 40.5 Å². The summed E-state index contributed by atoms with van der Waals surface area (Å²) in [6, 6.07) is 5.75. The van der Waals surface area contributed by atoms with Crippen LogP contribution in [-0.2, 0) is 4.74 Å². The Morgan fingerprint density at radius 2 is 2.14 bits per heavy atom. The maximum Gasteiger partial charge on any atom is 0.254 e. The molecule has 0 unspecified atom stereocenters. The zero-order valence-corrected chi connectivity index (χ0v) is 12.8. The smallest absolute Gasteiger partial charge is 0.254 e. The topological polar surface area (TPSA) is 55.3 Å². The molecule has 0 spiro atoms. The van der Waals surface area contributed by atoms with E-state index in [1.807, 2.05) is 37.1 Å². The molecule has 22 heavy (non-hydrogen) atoms. The van der Waals surface area contributed by atoms with Gasteiger partial charge >= 0.3 is 0 Å². The van der Waals surface area contributed by atoms with Crippen LogP contribution in [0.2, 0.25) is 0 Å². The first-order valence-corrected chi connectivity index (χ1v) is 7.39. The maximum atomic E-state index is 12.7. The van der Waals surface area contributed by atoms with Crippen LogP contribution in [0.15, 0.2) is 36.8 Å². The number of carbonyl (C=O) groups excluding carboxylic acids is 1. The molecule has 0 aliphatic carbocycles. The average Bonchev–Trinajstić information content (AvgIpc) is 2.55. The van der Waals surface area contributed by atoms with Gasteiger partial charge in [-0.05, 0) is 37.1 Å². The first-order chi connectivity index (χ1) is 10.6. The van der Waals surface area contributed by atoms with Crippen molar-refractivity contribution in [3.05, 3.63) is 59.2 Å². The summed E-state index contributed by atoms with van der Waals surface area (Å²) in [6.45, 7) is 5.55. The van der Waals surface area contributed by atoms with E-state index in [0.717, 1.165) is 16.8 Å². The van der Waals surface area contributed by atoms with Crippen molar-refractivity contribution in [2.24, 2.45) is 0 Å². The molecule has 0 radical (unpaired) electrons. The predicted molar refractivity (Wildman–Crippen MR) is 82.5 cm³/mol. The van der Waals surface area contributed by atoms with Crippen molar-refractivity contribution in [2.75, 3.05) is 19.7 Å². The third-order valence-electron chi connectivity index (χ3n) is 3.87. The number of amides is 1. The first-order valence-electron chi connectivity index (χ1n) is 7.39. The van der Waals surface area contributed by atoms with E-state index in [9.17, 15) is 4.79 Å². The maximum absolute atomic E-state index is 12.7. The van der Waals surface area contributed by atoms with Crippen molar-refractivity contribution in [1.29, 1.82) is 0 Å². The number of morpholine rings is 1. The number of rotatable bonds is 2. The Kier molecular flexibility index (Phi) is 4.15. The number of ether oxygens (including phenoxy) is 1. The average molecular weight is 297 g/mol. The Balaban J connectivity index is 1.77. The van der Waals surface area contributed by atoms with E-state index in [1.54, 1.807) is 18.5 Å². The van der Waals surface area contributed by atoms with Gasteiger partial charge in [0.15, 0.2) is 0 Å². The second-order valence-electron chi connectivity index (χ2n) is 5.56. The van der Waals surface area contributed by atoms with E-state index in [4.69, 9.17) is 4.74 Å². The van der Waals surface area contributed by atoms with Gasteiger partial charge in [-0.3, -0.25) is 14.8 Å². The lowest BCUT2D eigenvalue weighted by Crippen LogP contribution is -2.42. The minimum atomic E-state index is -0.166. The number of hydrogen-bond acceptors (Lipinski definition) is 4. The van der Waals surface area contributed by atoms with Crippen molar-refractivity contribution in [3.63, 3.8) is 0 Å². The molecule has 114 valence electrons. The van der Waals surface area contributed by atoms with E-state index >= 15 is 0 Å². The third kappa shape index (κ3) is 2.99. The molecule has 3 heterocycles. The highest BCUT2D eigenvalue weighted by Gasteiger charge is 2.27. The monoisotopic (exact) mass is 297 g/mol. The molecule has 3 rings (SSSR count). The lowest BCUT2D eigenvalue weighted by Gasteiger charge is -2.33. The number of hydrogen-bond donors (Lipinski definition) is 0. The Morgan fingerprint density at radius 1 is 1.27 bits per heavy atom. The lowest BCUT2D eigenvalue weighted by molar-refractivity contribution is -0.0247. The number of carbonyl (C=O) groups is 1. The van der Waals surface area contributed by atoms with Crippen LogP contribution in [0.4, 0.5) is 0 Å². The van der Waals surface area contributed by atoms with Crippen LogP contribution in [0.25, 0.3) is 0 Å². The molecule has 2 aromatic rings. The van der Waals surface area contributed by atoms with Gasteiger partial charge < -0.3 is 9.64 Å². The van der Waals surface area contributed by atoms with Gasteiger partial charge in [0, 0.05) is 30.7 Å². The number of nitrogens with zero attached hydrogens (tertiary/aromatic N) is 3. The van der Waals surface area contributed by atoms with Gasteiger partial charge in [0.05, 0.1) is 18.8 Å². The van der Waals surface area contributed by atoms with Crippen molar-refractivity contribution in [3.8, 4) is 0 Å². The fraction of sp³-hybridized carbons (Fsp3) is 0.353. The summed E-state index contributed by atoms with van der Waals surface area (Å²) in [7, 11) is 0. The van der Waals surface area contributed by atoms with Gasteiger partial charge in [0.2, 0.25) is 0 Å². The van der Waals surface area contributed by atoms with Gasteiger partial charge in [0.25, 0.3) is 5.91 Å². The summed E-state index contributed by atoms with van der Waals surface area (Å²) in [6.07, 6.45) is 5.03. The molecule has 0 saturated carbocycles. The van der Waals surface area contributed by atoms with Gasteiger partial charge in [-0.15, -0.1) is 0 Å². The van der Waals surface area contributed by atoms with Crippen molar-refractivity contribution in [2.45, 2.75) is 20.0 Å². The highest BCUT2D eigenvalue weighted by Crippen LogP contribution is 2.22. The fourth-order valence-electron chi connectivity index (χ4n) is 2.57. The lowest BCUT2D eigenvalue weighted by atomic mass is 10.1. The normalized spacial score (nSPS) is 18.3. The highest BCUT2D eigenvalue weighted by molar-refractivity contribution is 5.95. The second kappa shape index (κ2) is 6.23. The van der Waals surface area contributed by atoms with Crippen LogP contribution >= 0.6 is 0 Å². The molecule has 1 amide bonds. The molecular weight excluding hydrogens is 278 g/mol. The summed E-state index contributed by atoms with van der Waals surface area (Å²) < 4.78 is 5.78. The molecule has 1 aliphatic heterocycles. The Labute approximate surface area is 130 Å². The van der Waals surface area contributed by atoms with Gasteiger partial charge in [0.1, 0.15) is 6.10 Å². The number of pyridine rings is 2. The SMILES string of the molecule is Cc1ccc([C@H]2CN(C(=O)c3ccncc3C)CCO2)nc1. The van der Waals surface area contributed by atoms with Crippen molar-refractivity contribution in [1.82, 2.24) is 14.9 Å². The van der Waals surface area contributed by atoms with E-state index in [-0.39, 0.29) is 12.0 Å². The van der Waals surface area contributed by atoms with Crippen molar-refractivity contribution < 1.29 is 9.53 Å². The highest BCUT2D eigenvalue weighted by atomic mass is 16.5. The summed E-state index contributed by atoms with van der Waals surface area (Å²) >= 11 is 0. The van der Waals surface area contributed by atoms with Crippen LogP contribution in [0.5, 0.6) is 0 Å². The molecule has 2 aromatic heterocycles. The fourth-order valence-corrected chi connectivity index (χ4v) is 2.57. The minimum Gasteiger partial charge on any atom is -0.368 e. The van der Waals surface area contributed by atoms with Crippen molar-refractivity contribution >= 4 is 5.91 Å². The van der Waals surface area contributed by atoms with Crippen LogP contribution in [0.1, 0.15) is 33.3 Å². The molecule has 0 aromatic carbocycles. The Bertz CT molecular complexity index is 670. The molecule has 0 bridgehead atoms. The molecule has 5 nitrogen and oxygen atoms in total. The minimum absolute atomic E-state index is 0.0281. The zero-order chi connectivity index (χ0) is 15.5. The number of aryl methyl sites for hydroxylation is 2. The van der Waals surface area contributed by atoms with E-state index in [2.05, 4.69) is 9.97 Å². The van der Waals surface area contributed by atoms with Crippen LogP contribution in [0, 0.1) is 13.8 Å². The third-order valence-corrected chi connectivity index (χ3v) is 3.87. The van der Waals surface area contributed by atoms with E-state index in [0.29, 0.717) is 25.3 Å². The standard InChI is InChI=1S/C17H19N3O2/c1-12-3-4-15(19-9-12)16-11-20(7-8-22-16)17(21)14-5-6-18-10-13(14)2/h3-6,9-10,16H,7-8,11H2,1-2H3/t16-/m1/s1.